The van der Waals surface area contributed by atoms with Gasteiger partial charge in [0.25, 0.3) is 11.8 Å². The van der Waals surface area contributed by atoms with Gasteiger partial charge < -0.3 is 20.1 Å². The number of benzene rings is 5. The Morgan fingerprint density at radius 3 is 1.29 bits per heavy atom. The highest BCUT2D eigenvalue weighted by Gasteiger charge is 2.12. The molecule has 0 atom stereocenters. The van der Waals surface area contributed by atoms with Crippen LogP contribution in [0.25, 0.3) is 21.5 Å². The van der Waals surface area contributed by atoms with Crippen molar-refractivity contribution in [2.75, 3.05) is 23.8 Å². The van der Waals surface area contributed by atoms with E-state index in [4.69, 9.17) is 9.47 Å². The third-order valence-corrected chi connectivity index (χ3v) is 6.15. The largest absolute Gasteiger partial charge is 0.484 e. The van der Waals surface area contributed by atoms with Gasteiger partial charge in [-0.1, -0.05) is 72.8 Å². The fourth-order valence-corrected chi connectivity index (χ4v) is 4.23. The number of hydrogen-bond acceptors (Lipinski definition) is 6. The number of anilines is 2. The van der Waals surface area contributed by atoms with Crippen LogP contribution < -0.4 is 30.7 Å². The fourth-order valence-electron chi connectivity index (χ4n) is 4.23. The van der Waals surface area contributed by atoms with Gasteiger partial charge in [-0.15, -0.1) is 0 Å². The highest BCUT2D eigenvalue weighted by atomic mass is 16.5. The van der Waals surface area contributed by atoms with E-state index in [1.54, 1.807) is 36.4 Å². The minimum atomic E-state index is -0.673. The number of carbonyl (C=O) groups is 4. The number of ether oxygens (including phenoxy) is 2. The van der Waals surface area contributed by atoms with Crippen molar-refractivity contribution in [2.45, 2.75) is 0 Å². The molecule has 0 radical (unpaired) electrons. The summed E-state index contributed by atoms with van der Waals surface area (Å²) in [4.78, 5) is 49.0. The van der Waals surface area contributed by atoms with Crippen LogP contribution in [0.5, 0.6) is 11.5 Å². The van der Waals surface area contributed by atoms with Crippen LogP contribution >= 0.6 is 0 Å². The molecule has 0 aromatic heterocycles. The average molecular weight is 563 g/mol. The van der Waals surface area contributed by atoms with Crippen molar-refractivity contribution >= 4 is 56.8 Å². The topological polar surface area (TPSA) is 135 Å². The smallest absolute Gasteiger partial charge is 0.325 e. The second-order valence-corrected chi connectivity index (χ2v) is 9.11. The fraction of sp³-hybridized carbons (Fsp3) is 0.0625. The van der Waals surface area contributed by atoms with Crippen molar-refractivity contribution in [1.29, 1.82) is 0 Å². The van der Waals surface area contributed by atoms with Crippen molar-refractivity contribution < 1.29 is 28.7 Å². The zero-order chi connectivity index (χ0) is 29.3. The molecule has 10 nitrogen and oxygen atoms in total. The summed E-state index contributed by atoms with van der Waals surface area (Å²) in [7, 11) is 0. The molecule has 0 unspecified atom stereocenters. The molecule has 0 spiro atoms. The quantitative estimate of drug-likeness (QED) is 0.199. The number of carbonyl (C=O) groups excluding carboxylic acids is 4. The molecular weight excluding hydrogens is 536 g/mol. The van der Waals surface area contributed by atoms with E-state index in [0.29, 0.717) is 22.9 Å². The van der Waals surface area contributed by atoms with E-state index in [-0.39, 0.29) is 0 Å². The summed E-state index contributed by atoms with van der Waals surface area (Å²) in [5.74, 6) is -0.560. The van der Waals surface area contributed by atoms with Crippen LogP contribution in [0, 0.1) is 0 Å². The van der Waals surface area contributed by atoms with Gasteiger partial charge in [0.15, 0.2) is 13.2 Å². The lowest BCUT2D eigenvalue weighted by molar-refractivity contribution is -0.122. The number of nitrogens with one attached hydrogen (secondary N) is 4. The van der Waals surface area contributed by atoms with E-state index in [1.165, 1.54) is 0 Å². The summed E-state index contributed by atoms with van der Waals surface area (Å²) in [6.45, 7) is -0.783. The maximum atomic E-state index is 12.3. The van der Waals surface area contributed by atoms with E-state index < -0.39 is 37.1 Å². The van der Waals surface area contributed by atoms with Crippen LogP contribution in [-0.2, 0) is 9.59 Å². The van der Waals surface area contributed by atoms with Crippen molar-refractivity contribution in [3.8, 4) is 11.5 Å². The molecular formula is C32H26N4O6. The Kier molecular flexibility index (Phi) is 8.54. The number of amides is 6. The molecule has 0 bridgehead atoms. The van der Waals surface area contributed by atoms with Gasteiger partial charge in [-0.2, -0.15) is 0 Å². The molecule has 0 saturated heterocycles. The zero-order valence-corrected chi connectivity index (χ0v) is 22.3. The number of rotatable bonds is 8. The molecule has 42 heavy (non-hydrogen) atoms. The maximum absolute atomic E-state index is 12.3. The van der Waals surface area contributed by atoms with Crippen LogP contribution in [0.3, 0.4) is 0 Å². The lowest BCUT2D eigenvalue weighted by Gasteiger charge is -2.11. The minimum absolute atomic E-state index is 0.353. The first kappa shape index (κ1) is 27.7. The van der Waals surface area contributed by atoms with Crippen LogP contribution in [0.1, 0.15) is 0 Å². The van der Waals surface area contributed by atoms with Crippen LogP contribution in [0.15, 0.2) is 109 Å². The molecule has 0 heterocycles. The van der Waals surface area contributed by atoms with Crippen LogP contribution in [0.2, 0.25) is 0 Å². The molecule has 0 aliphatic carbocycles. The van der Waals surface area contributed by atoms with Gasteiger partial charge in [0.1, 0.15) is 11.5 Å². The molecule has 6 amide bonds. The monoisotopic (exact) mass is 562 g/mol. The second kappa shape index (κ2) is 13.0. The van der Waals surface area contributed by atoms with Crippen molar-refractivity contribution in [3.63, 3.8) is 0 Å². The van der Waals surface area contributed by atoms with Gasteiger partial charge in [-0.3, -0.25) is 20.2 Å². The summed E-state index contributed by atoms with van der Waals surface area (Å²) >= 11 is 0. The molecule has 5 aromatic rings. The van der Waals surface area contributed by atoms with E-state index in [1.807, 2.05) is 72.8 Å². The highest BCUT2D eigenvalue weighted by Crippen LogP contribution is 2.24. The highest BCUT2D eigenvalue weighted by molar-refractivity contribution is 6.07. The third kappa shape index (κ3) is 7.19. The number of imide groups is 2. The van der Waals surface area contributed by atoms with Crippen molar-refractivity contribution in [1.82, 2.24) is 10.6 Å². The molecule has 5 aromatic carbocycles. The predicted octanol–water partition coefficient (Wildman–Crippen LogP) is 5.45. The summed E-state index contributed by atoms with van der Waals surface area (Å²) in [6, 6.07) is 30.9. The Morgan fingerprint density at radius 2 is 0.857 bits per heavy atom. The van der Waals surface area contributed by atoms with Gasteiger partial charge in [0.05, 0.1) is 11.4 Å². The second-order valence-electron chi connectivity index (χ2n) is 9.11. The summed E-state index contributed by atoms with van der Waals surface area (Å²) in [6.07, 6.45) is 0. The molecule has 0 aliphatic rings. The van der Waals surface area contributed by atoms with E-state index in [0.717, 1.165) is 21.5 Å². The van der Waals surface area contributed by atoms with Crippen molar-refractivity contribution in [2.24, 2.45) is 0 Å². The van der Waals surface area contributed by atoms with Crippen molar-refractivity contribution in [3.05, 3.63) is 109 Å². The number of hydrogen-bond donors (Lipinski definition) is 4. The van der Waals surface area contributed by atoms with Gasteiger partial charge in [0, 0.05) is 10.8 Å². The minimum Gasteiger partial charge on any atom is -0.484 e. The molecule has 0 aliphatic heterocycles. The molecule has 0 saturated carbocycles. The Bertz CT molecular complexity index is 1630. The van der Waals surface area contributed by atoms with Gasteiger partial charge >= 0.3 is 12.1 Å². The summed E-state index contributed by atoms with van der Waals surface area (Å²) < 4.78 is 10.9. The first-order chi connectivity index (χ1) is 20.4. The molecule has 4 N–H and O–H groups in total. The first-order valence-electron chi connectivity index (χ1n) is 13.0. The Morgan fingerprint density at radius 1 is 0.476 bits per heavy atom. The summed E-state index contributed by atoms with van der Waals surface area (Å²) in [5.41, 5.74) is 1.16. The Hall–Kier alpha value is -5.90. The number of fused-ring (bicyclic) bond motifs is 2. The van der Waals surface area contributed by atoms with Gasteiger partial charge in [-0.05, 0) is 47.2 Å². The first-order valence-corrected chi connectivity index (χ1v) is 13.0. The summed E-state index contributed by atoms with van der Waals surface area (Å²) in [5, 5.41) is 13.4. The van der Waals surface area contributed by atoms with E-state index in [2.05, 4.69) is 21.3 Å². The SMILES string of the molecule is O=C(COc1ccc(OCC(=O)NC(=O)Nc2cccc3ccccc23)cc1)NC(=O)Nc1cccc2ccccc12. The zero-order valence-electron chi connectivity index (χ0n) is 22.3. The normalized spacial score (nSPS) is 10.5. The molecule has 210 valence electrons. The predicted molar refractivity (Wildman–Crippen MR) is 160 cm³/mol. The molecule has 10 heteroatoms. The van der Waals surface area contributed by atoms with E-state index >= 15 is 0 Å². The maximum Gasteiger partial charge on any atom is 0.325 e. The lowest BCUT2D eigenvalue weighted by Crippen LogP contribution is -2.37. The molecule has 0 fully saturated rings. The molecule has 5 rings (SSSR count). The van der Waals surface area contributed by atoms with E-state index in [9.17, 15) is 19.2 Å². The average Bonchev–Trinajstić information content (AvgIpc) is 3.00. The Balaban J connectivity index is 1.03. The Labute approximate surface area is 240 Å². The standard InChI is InChI=1S/C32H26N4O6/c37-29(35-31(39)33-27-13-5-9-21-7-1-3-11-25(21)27)19-41-23-15-17-24(18-16-23)42-20-30(38)36-32(40)34-28-14-6-10-22-8-2-4-12-26(22)28/h1-18H,19-20H2,(H2,33,35,37,39)(H2,34,36,38,40). The van der Waals surface area contributed by atoms with Gasteiger partial charge in [-0.25, -0.2) is 9.59 Å². The van der Waals surface area contributed by atoms with Crippen LogP contribution in [0.4, 0.5) is 21.0 Å². The third-order valence-electron chi connectivity index (χ3n) is 6.15. The van der Waals surface area contributed by atoms with Gasteiger partial charge in [0.2, 0.25) is 0 Å². The number of urea groups is 2. The lowest BCUT2D eigenvalue weighted by atomic mass is 10.1. The van der Waals surface area contributed by atoms with Crippen LogP contribution in [-0.4, -0.2) is 37.1 Å².